The Bertz CT molecular complexity index is 461. The molecule has 0 amide bonds. The van der Waals surface area contributed by atoms with Crippen LogP contribution in [-0.2, 0) is 11.0 Å². The van der Waals surface area contributed by atoms with Gasteiger partial charge in [-0.1, -0.05) is 6.07 Å². The fourth-order valence-electron chi connectivity index (χ4n) is 1.27. The summed E-state index contributed by atoms with van der Waals surface area (Å²) in [7, 11) is 0. The van der Waals surface area contributed by atoms with Crippen molar-refractivity contribution in [2.24, 2.45) is 5.73 Å². The van der Waals surface area contributed by atoms with Gasteiger partial charge in [-0.25, -0.2) is 4.39 Å². The van der Waals surface area contributed by atoms with Crippen LogP contribution in [0.25, 0.3) is 0 Å². The topological polar surface area (TPSA) is 83.6 Å². The number of aliphatic carboxylic acids is 1. The van der Waals surface area contributed by atoms with E-state index in [4.69, 9.17) is 10.8 Å². The van der Waals surface area contributed by atoms with Crippen LogP contribution in [0.1, 0.15) is 17.2 Å². The van der Waals surface area contributed by atoms with Crippen molar-refractivity contribution < 1.29 is 32.6 Å². The van der Waals surface area contributed by atoms with Crippen molar-refractivity contribution in [2.45, 2.75) is 18.3 Å². The molecule has 0 aliphatic carbocycles. The highest BCUT2D eigenvalue weighted by Crippen LogP contribution is 2.31. The van der Waals surface area contributed by atoms with Crippen LogP contribution in [0.15, 0.2) is 18.2 Å². The summed E-state index contributed by atoms with van der Waals surface area (Å²) in [6, 6.07) is -0.453. The molecule has 0 fully saturated rings. The standard InChI is InChI=1S/C10H9F4NO3/c11-6-3-4(10(12,13)14)1-2-5(6)8(16)7(15)9(17)18/h1-3,7-8,16H,15H2,(H,17,18). The van der Waals surface area contributed by atoms with Crippen molar-refractivity contribution in [3.63, 3.8) is 0 Å². The maximum Gasteiger partial charge on any atom is 0.416 e. The zero-order valence-electron chi connectivity index (χ0n) is 8.78. The molecule has 0 radical (unpaired) electrons. The Morgan fingerprint density at radius 1 is 1.33 bits per heavy atom. The van der Waals surface area contributed by atoms with Crippen LogP contribution in [0.2, 0.25) is 0 Å². The Balaban J connectivity index is 3.10. The van der Waals surface area contributed by atoms with E-state index >= 15 is 0 Å². The average Bonchev–Trinajstić information content (AvgIpc) is 2.25. The Morgan fingerprint density at radius 3 is 2.28 bits per heavy atom. The molecule has 1 rings (SSSR count). The lowest BCUT2D eigenvalue weighted by Gasteiger charge is -2.17. The lowest BCUT2D eigenvalue weighted by molar-refractivity contribution is -0.141. The Kier molecular flexibility index (Phi) is 3.92. The van der Waals surface area contributed by atoms with Gasteiger partial charge in [0.25, 0.3) is 0 Å². The first-order chi connectivity index (χ1) is 8.14. The van der Waals surface area contributed by atoms with E-state index in [1.807, 2.05) is 0 Å². The summed E-state index contributed by atoms with van der Waals surface area (Å²) >= 11 is 0. The maximum atomic E-state index is 13.3. The van der Waals surface area contributed by atoms with Crippen molar-refractivity contribution >= 4 is 5.97 Å². The Hall–Kier alpha value is -1.67. The predicted molar refractivity (Wildman–Crippen MR) is 52.0 cm³/mol. The quantitative estimate of drug-likeness (QED) is 0.720. The number of carboxylic acids is 1. The van der Waals surface area contributed by atoms with Gasteiger partial charge in [-0.05, 0) is 12.1 Å². The summed E-state index contributed by atoms with van der Waals surface area (Å²) < 4.78 is 50.1. The van der Waals surface area contributed by atoms with Crippen molar-refractivity contribution in [2.75, 3.05) is 0 Å². The Labute approximate surface area is 98.6 Å². The van der Waals surface area contributed by atoms with Crippen LogP contribution in [0.4, 0.5) is 17.6 Å². The molecule has 0 spiro atoms. The third kappa shape index (κ3) is 2.96. The normalized spacial score (nSPS) is 15.2. The molecule has 2 atom stereocenters. The summed E-state index contributed by atoms with van der Waals surface area (Å²) in [6.45, 7) is 0. The van der Waals surface area contributed by atoms with E-state index in [1.165, 1.54) is 0 Å². The van der Waals surface area contributed by atoms with Gasteiger partial charge in [-0.2, -0.15) is 13.2 Å². The number of alkyl halides is 3. The van der Waals surface area contributed by atoms with E-state index in [9.17, 15) is 27.5 Å². The molecule has 1 aromatic rings. The second kappa shape index (κ2) is 4.91. The summed E-state index contributed by atoms with van der Waals surface area (Å²) in [5, 5.41) is 17.9. The van der Waals surface area contributed by atoms with Crippen LogP contribution in [0, 0.1) is 5.82 Å². The van der Waals surface area contributed by atoms with E-state index in [0.717, 1.165) is 0 Å². The van der Waals surface area contributed by atoms with Gasteiger partial charge in [0, 0.05) is 5.56 Å². The number of halogens is 4. The third-order valence-electron chi connectivity index (χ3n) is 2.27. The minimum absolute atomic E-state index is 0.174. The number of nitrogens with two attached hydrogens (primary N) is 1. The second-order valence-electron chi connectivity index (χ2n) is 3.54. The summed E-state index contributed by atoms with van der Waals surface area (Å²) in [4.78, 5) is 10.5. The van der Waals surface area contributed by atoms with Crippen molar-refractivity contribution in [3.8, 4) is 0 Å². The van der Waals surface area contributed by atoms with Crippen LogP contribution in [-0.4, -0.2) is 22.2 Å². The minimum atomic E-state index is -4.72. The molecule has 4 nitrogen and oxygen atoms in total. The highest BCUT2D eigenvalue weighted by molar-refractivity contribution is 5.74. The van der Waals surface area contributed by atoms with Crippen LogP contribution >= 0.6 is 0 Å². The van der Waals surface area contributed by atoms with Gasteiger partial charge in [0.2, 0.25) is 0 Å². The number of aliphatic hydroxyl groups excluding tert-OH is 1. The van der Waals surface area contributed by atoms with E-state index in [-0.39, 0.29) is 6.07 Å². The maximum absolute atomic E-state index is 13.3. The van der Waals surface area contributed by atoms with E-state index in [1.54, 1.807) is 0 Å². The highest BCUT2D eigenvalue weighted by atomic mass is 19.4. The van der Waals surface area contributed by atoms with Crippen LogP contribution in [0.3, 0.4) is 0 Å². The predicted octanol–water partition coefficient (Wildman–Crippen LogP) is 1.29. The number of hydrogen-bond donors (Lipinski definition) is 3. The number of carbonyl (C=O) groups is 1. The lowest BCUT2D eigenvalue weighted by Crippen LogP contribution is -2.36. The van der Waals surface area contributed by atoms with Crippen molar-refractivity contribution in [3.05, 3.63) is 35.1 Å². The number of benzene rings is 1. The summed E-state index contributed by atoms with van der Waals surface area (Å²) in [5.74, 6) is -2.96. The SMILES string of the molecule is NC(C(=O)O)C(O)c1ccc(C(F)(F)F)cc1F. The second-order valence-corrected chi connectivity index (χ2v) is 3.54. The first kappa shape index (κ1) is 14.4. The molecular weight excluding hydrogens is 258 g/mol. The molecule has 100 valence electrons. The third-order valence-corrected chi connectivity index (χ3v) is 2.27. The van der Waals surface area contributed by atoms with E-state index in [2.05, 4.69) is 0 Å². The summed E-state index contributed by atoms with van der Waals surface area (Å²) in [5.41, 5.74) is 3.21. The molecular formula is C10H9F4NO3. The fraction of sp³-hybridized carbons (Fsp3) is 0.300. The van der Waals surface area contributed by atoms with E-state index in [0.29, 0.717) is 12.1 Å². The van der Waals surface area contributed by atoms with Crippen LogP contribution in [0.5, 0.6) is 0 Å². The molecule has 18 heavy (non-hydrogen) atoms. The zero-order chi connectivity index (χ0) is 14.1. The van der Waals surface area contributed by atoms with E-state index < -0.39 is 41.2 Å². The first-order valence-corrected chi connectivity index (χ1v) is 4.67. The van der Waals surface area contributed by atoms with Crippen LogP contribution < -0.4 is 5.73 Å². The summed E-state index contributed by atoms with van der Waals surface area (Å²) in [6.07, 6.45) is -6.65. The van der Waals surface area contributed by atoms with Gasteiger partial charge >= 0.3 is 12.1 Å². The van der Waals surface area contributed by atoms with Gasteiger partial charge in [0.1, 0.15) is 18.0 Å². The van der Waals surface area contributed by atoms with Gasteiger partial charge in [-0.15, -0.1) is 0 Å². The molecule has 2 unspecified atom stereocenters. The molecule has 0 saturated carbocycles. The molecule has 1 aromatic carbocycles. The van der Waals surface area contributed by atoms with Gasteiger partial charge < -0.3 is 15.9 Å². The molecule has 0 aliphatic rings. The number of aliphatic hydroxyl groups is 1. The molecule has 0 bridgehead atoms. The minimum Gasteiger partial charge on any atom is -0.480 e. The molecule has 0 aliphatic heterocycles. The average molecular weight is 267 g/mol. The van der Waals surface area contributed by atoms with Crippen molar-refractivity contribution in [1.29, 1.82) is 0 Å². The van der Waals surface area contributed by atoms with Crippen molar-refractivity contribution in [1.82, 2.24) is 0 Å². The largest absolute Gasteiger partial charge is 0.480 e. The number of hydrogen-bond acceptors (Lipinski definition) is 3. The lowest BCUT2D eigenvalue weighted by atomic mass is 10.0. The first-order valence-electron chi connectivity index (χ1n) is 4.67. The fourth-order valence-corrected chi connectivity index (χ4v) is 1.27. The molecule has 8 heteroatoms. The molecule has 0 aromatic heterocycles. The van der Waals surface area contributed by atoms with Gasteiger partial charge in [0.05, 0.1) is 5.56 Å². The number of rotatable bonds is 3. The van der Waals surface area contributed by atoms with Gasteiger partial charge in [0.15, 0.2) is 0 Å². The monoisotopic (exact) mass is 267 g/mol. The smallest absolute Gasteiger partial charge is 0.416 e. The molecule has 0 saturated heterocycles. The number of carboxylic acid groups (broad SMARTS) is 1. The van der Waals surface area contributed by atoms with Gasteiger partial charge in [-0.3, -0.25) is 4.79 Å². The Morgan fingerprint density at radius 2 is 1.89 bits per heavy atom. The highest BCUT2D eigenvalue weighted by Gasteiger charge is 2.33. The molecule has 0 heterocycles. The zero-order valence-corrected chi connectivity index (χ0v) is 8.78. The molecule has 4 N–H and O–H groups in total.